The standard InChI is InChI=1S/C21H38N2O/c1-9-22-11-12-23(10-2)15-16-13-17(20(3,4)5)14-18(19(16)24)21(6,7)8/h13-14,22,24H,9-12,15H2,1-8H3. The second-order valence-electron chi connectivity index (χ2n) is 8.75. The van der Waals surface area contributed by atoms with Gasteiger partial charge in [0.1, 0.15) is 5.75 Å². The molecule has 0 aliphatic rings. The minimum Gasteiger partial charge on any atom is -0.507 e. The first-order valence-corrected chi connectivity index (χ1v) is 9.30. The van der Waals surface area contributed by atoms with Gasteiger partial charge in [-0.3, -0.25) is 4.90 Å². The largest absolute Gasteiger partial charge is 0.507 e. The van der Waals surface area contributed by atoms with Crippen LogP contribution in [0, 0.1) is 0 Å². The van der Waals surface area contributed by atoms with Gasteiger partial charge in [-0.05, 0) is 35.0 Å². The third kappa shape index (κ3) is 5.78. The summed E-state index contributed by atoms with van der Waals surface area (Å²) < 4.78 is 0. The lowest BCUT2D eigenvalue weighted by molar-refractivity contribution is 0.275. The highest BCUT2D eigenvalue weighted by Gasteiger charge is 2.25. The Kier molecular flexibility index (Phi) is 7.30. The number of nitrogens with zero attached hydrogens (tertiary/aromatic N) is 1. The number of hydrogen-bond acceptors (Lipinski definition) is 3. The summed E-state index contributed by atoms with van der Waals surface area (Å²) in [7, 11) is 0. The van der Waals surface area contributed by atoms with Crippen molar-refractivity contribution in [2.45, 2.75) is 72.8 Å². The fourth-order valence-corrected chi connectivity index (χ4v) is 2.82. The van der Waals surface area contributed by atoms with Crippen molar-refractivity contribution in [3.63, 3.8) is 0 Å². The average molecular weight is 335 g/mol. The smallest absolute Gasteiger partial charge is 0.123 e. The number of likely N-dealkylation sites (N-methyl/N-ethyl adjacent to an activating group) is 2. The molecule has 2 N–H and O–H groups in total. The molecule has 0 saturated carbocycles. The van der Waals surface area contributed by atoms with Gasteiger partial charge < -0.3 is 10.4 Å². The topological polar surface area (TPSA) is 35.5 Å². The van der Waals surface area contributed by atoms with E-state index in [0.717, 1.165) is 43.9 Å². The van der Waals surface area contributed by atoms with E-state index in [-0.39, 0.29) is 10.8 Å². The normalized spacial score (nSPS) is 12.9. The van der Waals surface area contributed by atoms with Gasteiger partial charge in [0, 0.05) is 25.2 Å². The minimum absolute atomic E-state index is 0.0685. The van der Waals surface area contributed by atoms with Crippen LogP contribution in [0.3, 0.4) is 0 Å². The molecule has 0 aromatic heterocycles. The molecular formula is C21H38N2O. The summed E-state index contributed by atoms with van der Waals surface area (Å²) >= 11 is 0. The van der Waals surface area contributed by atoms with E-state index in [0.29, 0.717) is 5.75 Å². The number of benzene rings is 1. The number of aromatic hydroxyl groups is 1. The molecule has 0 radical (unpaired) electrons. The molecule has 24 heavy (non-hydrogen) atoms. The minimum atomic E-state index is -0.0685. The van der Waals surface area contributed by atoms with E-state index in [1.54, 1.807) is 0 Å². The summed E-state index contributed by atoms with van der Waals surface area (Å²) in [6.07, 6.45) is 0. The van der Waals surface area contributed by atoms with Gasteiger partial charge in [-0.25, -0.2) is 0 Å². The summed E-state index contributed by atoms with van der Waals surface area (Å²) in [5.74, 6) is 0.470. The molecule has 1 aromatic rings. The third-order valence-corrected chi connectivity index (χ3v) is 4.56. The summed E-state index contributed by atoms with van der Waals surface area (Å²) in [5, 5.41) is 14.3. The monoisotopic (exact) mass is 334 g/mol. The van der Waals surface area contributed by atoms with Gasteiger partial charge in [-0.1, -0.05) is 67.5 Å². The molecule has 138 valence electrons. The molecule has 3 heteroatoms. The molecule has 0 aliphatic carbocycles. The molecule has 0 aliphatic heterocycles. The van der Waals surface area contributed by atoms with Crippen molar-refractivity contribution in [2.24, 2.45) is 0 Å². The first kappa shape index (κ1) is 21.0. The van der Waals surface area contributed by atoms with Crippen LogP contribution in [0.15, 0.2) is 12.1 Å². The lowest BCUT2D eigenvalue weighted by Gasteiger charge is -2.29. The van der Waals surface area contributed by atoms with Crippen LogP contribution in [0.25, 0.3) is 0 Å². The van der Waals surface area contributed by atoms with Crippen molar-refractivity contribution in [1.82, 2.24) is 10.2 Å². The average Bonchev–Trinajstić information content (AvgIpc) is 2.45. The Morgan fingerprint density at radius 2 is 1.62 bits per heavy atom. The number of hydrogen-bond donors (Lipinski definition) is 2. The van der Waals surface area contributed by atoms with Crippen molar-refractivity contribution in [3.8, 4) is 5.75 Å². The van der Waals surface area contributed by atoms with Crippen molar-refractivity contribution in [3.05, 3.63) is 28.8 Å². The zero-order chi connectivity index (χ0) is 18.5. The van der Waals surface area contributed by atoms with Crippen molar-refractivity contribution < 1.29 is 5.11 Å². The van der Waals surface area contributed by atoms with Crippen LogP contribution < -0.4 is 5.32 Å². The Labute approximate surface area is 149 Å². The van der Waals surface area contributed by atoms with Crippen LogP contribution in [0.4, 0.5) is 0 Å². The van der Waals surface area contributed by atoms with Crippen molar-refractivity contribution >= 4 is 0 Å². The number of nitrogens with one attached hydrogen (secondary N) is 1. The molecule has 0 saturated heterocycles. The van der Waals surface area contributed by atoms with Crippen LogP contribution in [0.2, 0.25) is 0 Å². The van der Waals surface area contributed by atoms with Crippen LogP contribution in [-0.4, -0.2) is 36.2 Å². The molecule has 0 atom stereocenters. The predicted molar refractivity (Wildman–Crippen MR) is 105 cm³/mol. The maximum Gasteiger partial charge on any atom is 0.123 e. The highest BCUT2D eigenvalue weighted by molar-refractivity contribution is 5.48. The van der Waals surface area contributed by atoms with Gasteiger partial charge in [0.05, 0.1) is 0 Å². The Bertz CT molecular complexity index is 524. The van der Waals surface area contributed by atoms with E-state index < -0.39 is 0 Å². The lowest BCUT2D eigenvalue weighted by atomic mass is 9.79. The highest BCUT2D eigenvalue weighted by Crippen LogP contribution is 2.38. The molecule has 0 heterocycles. The Balaban J connectivity index is 3.20. The van der Waals surface area contributed by atoms with Crippen LogP contribution in [0.5, 0.6) is 5.75 Å². The molecule has 1 aromatic carbocycles. The molecule has 1 rings (SSSR count). The van der Waals surface area contributed by atoms with E-state index >= 15 is 0 Å². The number of phenols is 1. The van der Waals surface area contributed by atoms with Crippen LogP contribution in [-0.2, 0) is 17.4 Å². The maximum atomic E-state index is 10.9. The Hall–Kier alpha value is -1.06. The molecule has 0 fully saturated rings. The predicted octanol–water partition coefficient (Wildman–Crippen LogP) is 4.42. The van der Waals surface area contributed by atoms with Crippen molar-refractivity contribution in [2.75, 3.05) is 26.2 Å². The summed E-state index contributed by atoms with van der Waals surface area (Å²) in [6, 6.07) is 4.38. The fourth-order valence-electron chi connectivity index (χ4n) is 2.82. The zero-order valence-electron chi connectivity index (χ0n) is 17.1. The highest BCUT2D eigenvalue weighted by atomic mass is 16.3. The van der Waals surface area contributed by atoms with Gasteiger partial charge in [0.15, 0.2) is 0 Å². The number of rotatable bonds is 7. The van der Waals surface area contributed by atoms with Gasteiger partial charge in [0.25, 0.3) is 0 Å². The number of phenolic OH excluding ortho intramolecular Hbond substituents is 1. The Morgan fingerprint density at radius 3 is 2.08 bits per heavy atom. The van der Waals surface area contributed by atoms with Crippen LogP contribution >= 0.6 is 0 Å². The van der Waals surface area contributed by atoms with Gasteiger partial charge in [-0.15, -0.1) is 0 Å². The third-order valence-electron chi connectivity index (χ3n) is 4.56. The first-order valence-electron chi connectivity index (χ1n) is 9.30. The second-order valence-corrected chi connectivity index (χ2v) is 8.75. The van der Waals surface area contributed by atoms with Crippen LogP contribution in [0.1, 0.15) is 72.1 Å². The van der Waals surface area contributed by atoms with E-state index in [4.69, 9.17) is 0 Å². The van der Waals surface area contributed by atoms with Gasteiger partial charge in [-0.2, -0.15) is 0 Å². The fraction of sp³-hybridized carbons (Fsp3) is 0.714. The molecule has 0 unspecified atom stereocenters. The summed E-state index contributed by atoms with van der Waals surface area (Å²) in [5.41, 5.74) is 3.39. The maximum absolute atomic E-state index is 10.9. The quantitative estimate of drug-likeness (QED) is 0.725. The summed E-state index contributed by atoms with van der Waals surface area (Å²) in [4.78, 5) is 2.39. The first-order chi connectivity index (χ1) is 11.0. The molecule has 0 bridgehead atoms. The van der Waals surface area contributed by atoms with E-state index in [1.165, 1.54) is 5.56 Å². The second kappa shape index (κ2) is 8.35. The Morgan fingerprint density at radius 1 is 1.00 bits per heavy atom. The molecular weight excluding hydrogens is 296 g/mol. The zero-order valence-corrected chi connectivity index (χ0v) is 17.1. The van der Waals surface area contributed by atoms with E-state index in [9.17, 15) is 5.11 Å². The van der Waals surface area contributed by atoms with E-state index in [2.05, 4.69) is 77.7 Å². The van der Waals surface area contributed by atoms with E-state index in [1.807, 2.05) is 0 Å². The molecule has 0 amide bonds. The van der Waals surface area contributed by atoms with Gasteiger partial charge >= 0.3 is 0 Å². The van der Waals surface area contributed by atoms with Crippen molar-refractivity contribution in [1.29, 1.82) is 0 Å². The van der Waals surface area contributed by atoms with Gasteiger partial charge in [0.2, 0.25) is 0 Å². The molecule has 0 spiro atoms. The molecule has 3 nitrogen and oxygen atoms in total. The summed E-state index contributed by atoms with van der Waals surface area (Å²) in [6.45, 7) is 22.3. The SMILES string of the molecule is CCNCCN(CC)Cc1cc(C(C)(C)C)cc(C(C)(C)C)c1O. The lowest BCUT2D eigenvalue weighted by Crippen LogP contribution is -2.32.